The van der Waals surface area contributed by atoms with Crippen molar-refractivity contribution in [2.75, 3.05) is 25.9 Å². The van der Waals surface area contributed by atoms with Crippen LogP contribution in [0.2, 0.25) is 5.02 Å². The molecule has 0 bridgehead atoms. The Morgan fingerprint density at radius 3 is 2.83 bits per heavy atom. The fourth-order valence-electron chi connectivity index (χ4n) is 1.31. The van der Waals surface area contributed by atoms with Gasteiger partial charge in [-0.05, 0) is 26.0 Å². The van der Waals surface area contributed by atoms with Crippen LogP contribution in [-0.2, 0) is 4.74 Å². The maximum Gasteiger partial charge on any atom is 0.273 e. The second-order valence-corrected chi connectivity index (χ2v) is 4.62. The number of pyridine rings is 1. The number of ether oxygens (including phenoxy) is 1. The molecule has 2 N–H and O–H groups in total. The zero-order chi connectivity index (χ0) is 13.7. The van der Waals surface area contributed by atoms with Gasteiger partial charge in [0.15, 0.2) is 0 Å². The lowest BCUT2D eigenvalue weighted by atomic mass is 10.3. The molecule has 5 nitrogen and oxygen atoms in total. The van der Waals surface area contributed by atoms with E-state index in [0.29, 0.717) is 18.2 Å². The van der Waals surface area contributed by atoms with Gasteiger partial charge in [-0.15, -0.1) is 0 Å². The number of nitrogens with two attached hydrogens (primary N) is 1. The Morgan fingerprint density at radius 1 is 1.56 bits per heavy atom. The quantitative estimate of drug-likeness (QED) is 0.887. The number of aromatic nitrogens is 1. The summed E-state index contributed by atoms with van der Waals surface area (Å²) in [7, 11) is 1.67. The van der Waals surface area contributed by atoms with Crippen molar-refractivity contribution >= 4 is 23.3 Å². The molecule has 1 heterocycles. The summed E-state index contributed by atoms with van der Waals surface area (Å²) in [6.45, 7) is 4.83. The smallest absolute Gasteiger partial charge is 0.273 e. The number of carbonyl (C=O) groups is 1. The number of rotatable bonds is 5. The molecule has 1 rings (SSSR count). The molecule has 18 heavy (non-hydrogen) atoms. The molecule has 0 saturated heterocycles. The van der Waals surface area contributed by atoms with Gasteiger partial charge in [0.2, 0.25) is 0 Å². The summed E-state index contributed by atoms with van der Waals surface area (Å²) in [5, 5.41) is 0.297. The van der Waals surface area contributed by atoms with Crippen molar-refractivity contribution < 1.29 is 9.53 Å². The van der Waals surface area contributed by atoms with E-state index in [2.05, 4.69) is 4.98 Å². The van der Waals surface area contributed by atoms with Crippen molar-refractivity contribution in [1.29, 1.82) is 0 Å². The highest BCUT2D eigenvalue weighted by molar-refractivity contribution is 6.33. The standard InChI is InChI=1S/C12H18ClN3O2/c1-8(2)18-7-6-16(3)12(17)11-9(13)4-5-10(14)15-11/h4-5,8H,6-7H2,1-3H3,(H2,14,15). The van der Waals surface area contributed by atoms with Gasteiger partial charge in [-0.3, -0.25) is 4.79 Å². The summed E-state index contributed by atoms with van der Waals surface area (Å²) in [5.74, 6) is 0.00855. The number of hydrogen-bond acceptors (Lipinski definition) is 4. The van der Waals surface area contributed by atoms with Crippen molar-refractivity contribution in [1.82, 2.24) is 9.88 Å². The molecule has 0 aliphatic rings. The zero-order valence-electron chi connectivity index (χ0n) is 10.8. The maximum absolute atomic E-state index is 12.1. The fraction of sp³-hybridized carbons (Fsp3) is 0.500. The van der Waals surface area contributed by atoms with Crippen molar-refractivity contribution in [2.24, 2.45) is 0 Å². The Hall–Kier alpha value is -1.33. The number of anilines is 1. The van der Waals surface area contributed by atoms with Crippen molar-refractivity contribution in [3.63, 3.8) is 0 Å². The third-order valence-corrected chi connectivity index (χ3v) is 2.60. The third-order valence-electron chi connectivity index (χ3n) is 2.29. The van der Waals surface area contributed by atoms with Crippen LogP contribution in [0, 0.1) is 0 Å². The van der Waals surface area contributed by atoms with Crippen LogP contribution in [-0.4, -0.2) is 42.1 Å². The molecule has 1 aromatic heterocycles. The molecule has 1 amide bonds. The normalized spacial score (nSPS) is 10.7. The van der Waals surface area contributed by atoms with Crippen LogP contribution in [0.4, 0.5) is 5.82 Å². The topological polar surface area (TPSA) is 68.5 Å². The molecular formula is C12H18ClN3O2. The first-order chi connectivity index (χ1) is 8.41. The Bertz CT molecular complexity index is 424. The number of amides is 1. The van der Waals surface area contributed by atoms with Crippen molar-refractivity contribution in [3.8, 4) is 0 Å². The van der Waals surface area contributed by atoms with E-state index in [1.807, 2.05) is 13.8 Å². The first-order valence-electron chi connectivity index (χ1n) is 5.71. The van der Waals surface area contributed by atoms with Crippen LogP contribution >= 0.6 is 11.6 Å². The van der Waals surface area contributed by atoms with Crippen molar-refractivity contribution in [3.05, 3.63) is 22.8 Å². The van der Waals surface area contributed by atoms with E-state index in [-0.39, 0.29) is 23.5 Å². The van der Waals surface area contributed by atoms with Gasteiger partial charge in [0, 0.05) is 13.6 Å². The lowest BCUT2D eigenvalue weighted by Crippen LogP contribution is -2.31. The summed E-state index contributed by atoms with van der Waals surface area (Å²) in [4.78, 5) is 17.5. The fourth-order valence-corrected chi connectivity index (χ4v) is 1.50. The highest BCUT2D eigenvalue weighted by Gasteiger charge is 2.17. The number of hydrogen-bond donors (Lipinski definition) is 1. The predicted molar refractivity (Wildman–Crippen MR) is 71.7 cm³/mol. The molecule has 6 heteroatoms. The van der Waals surface area contributed by atoms with Gasteiger partial charge in [0.1, 0.15) is 11.5 Å². The van der Waals surface area contributed by atoms with Crippen LogP contribution in [0.3, 0.4) is 0 Å². The zero-order valence-corrected chi connectivity index (χ0v) is 11.6. The van der Waals surface area contributed by atoms with Gasteiger partial charge in [-0.1, -0.05) is 11.6 Å². The number of nitrogens with zero attached hydrogens (tertiary/aromatic N) is 2. The van der Waals surface area contributed by atoms with Gasteiger partial charge >= 0.3 is 0 Å². The molecule has 0 unspecified atom stereocenters. The monoisotopic (exact) mass is 271 g/mol. The Balaban J connectivity index is 2.65. The van der Waals surface area contributed by atoms with Crippen LogP contribution < -0.4 is 5.73 Å². The average molecular weight is 272 g/mol. The van der Waals surface area contributed by atoms with Gasteiger partial charge in [-0.2, -0.15) is 0 Å². The third kappa shape index (κ3) is 4.16. The molecular weight excluding hydrogens is 254 g/mol. The molecule has 1 aromatic rings. The molecule has 0 spiro atoms. The van der Waals surface area contributed by atoms with Gasteiger partial charge in [-0.25, -0.2) is 4.98 Å². The number of carbonyl (C=O) groups excluding carboxylic acids is 1. The molecule has 0 saturated carbocycles. The van der Waals surface area contributed by atoms with E-state index in [9.17, 15) is 4.79 Å². The lowest BCUT2D eigenvalue weighted by Gasteiger charge is -2.18. The van der Waals surface area contributed by atoms with E-state index < -0.39 is 0 Å². The van der Waals surface area contributed by atoms with Gasteiger partial charge in [0.25, 0.3) is 5.91 Å². The minimum Gasteiger partial charge on any atom is -0.384 e. The minimum atomic E-state index is -0.264. The second kappa shape index (κ2) is 6.56. The molecule has 0 aliphatic carbocycles. The van der Waals surface area contributed by atoms with Gasteiger partial charge in [0.05, 0.1) is 17.7 Å². The molecule has 0 aromatic carbocycles. The Labute approximate surface area is 112 Å². The van der Waals surface area contributed by atoms with E-state index in [1.54, 1.807) is 19.2 Å². The van der Waals surface area contributed by atoms with E-state index in [4.69, 9.17) is 22.1 Å². The second-order valence-electron chi connectivity index (χ2n) is 4.21. The first kappa shape index (κ1) is 14.7. The van der Waals surface area contributed by atoms with Crippen LogP contribution in [0.15, 0.2) is 12.1 Å². The summed E-state index contributed by atoms with van der Waals surface area (Å²) >= 11 is 5.92. The molecule has 0 atom stereocenters. The first-order valence-corrected chi connectivity index (χ1v) is 6.08. The molecule has 0 radical (unpaired) electrons. The van der Waals surface area contributed by atoms with Crippen molar-refractivity contribution in [2.45, 2.75) is 20.0 Å². The molecule has 100 valence electrons. The van der Waals surface area contributed by atoms with E-state index in [1.165, 1.54) is 4.90 Å². The van der Waals surface area contributed by atoms with Crippen LogP contribution in [0.5, 0.6) is 0 Å². The Kier molecular flexibility index (Phi) is 5.37. The number of likely N-dealkylation sites (N-methyl/N-ethyl adjacent to an activating group) is 1. The highest BCUT2D eigenvalue weighted by Crippen LogP contribution is 2.16. The molecule has 0 aliphatic heterocycles. The van der Waals surface area contributed by atoms with E-state index >= 15 is 0 Å². The van der Waals surface area contributed by atoms with Crippen LogP contribution in [0.1, 0.15) is 24.3 Å². The summed E-state index contributed by atoms with van der Waals surface area (Å²) < 4.78 is 5.38. The summed E-state index contributed by atoms with van der Waals surface area (Å²) in [6.07, 6.45) is 0.141. The van der Waals surface area contributed by atoms with Gasteiger partial charge < -0.3 is 15.4 Å². The predicted octanol–water partition coefficient (Wildman–Crippen LogP) is 1.81. The maximum atomic E-state index is 12.1. The minimum absolute atomic E-state index is 0.141. The lowest BCUT2D eigenvalue weighted by molar-refractivity contribution is 0.0529. The summed E-state index contributed by atoms with van der Waals surface area (Å²) in [6, 6.07) is 3.12. The highest BCUT2D eigenvalue weighted by atomic mass is 35.5. The molecule has 0 fully saturated rings. The van der Waals surface area contributed by atoms with Crippen LogP contribution in [0.25, 0.3) is 0 Å². The van der Waals surface area contributed by atoms with E-state index in [0.717, 1.165) is 0 Å². The largest absolute Gasteiger partial charge is 0.384 e. The SMILES string of the molecule is CC(C)OCCN(C)C(=O)c1nc(N)ccc1Cl. The summed E-state index contributed by atoms with van der Waals surface area (Å²) in [5.41, 5.74) is 5.71. The average Bonchev–Trinajstić information content (AvgIpc) is 2.30. The number of nitrogen functional groups attached to an aromatic ring is 1. The number of halogens is 1. The Morgan fingerprint density at radius 2 is 2.22 bits per heavy atom.